The number of rotatable bonds is 8. The highest BCUT2D eigenvalue weighted by Gasteiger charge is 2.44. The molecule has 0 unspecified atom stereocenters. The van der Waals surface area contributed by atoms with Crippen molar-refractivity contribution in [1.29, 1.82) is 5.26 Å². The van der Waals surface area contributed by atoms with Gasteiger partial charge in [0, 0.05) is 29.7 Å². The second kappa shape index (κ2) is 8.55. The molecule has 0 atom stereocenters. The lowest BCUT2D eigenvalue weighted by Gasteiger charge is -2.15. The van der Waals surface area contributed by atoms with E-state index in [1.54, 1.807) is 24.3 Å². The number of ether oxygens (including phenoxy) is 1. The maximum Gasteiger partial charge on any atom is 0.254 e. The summed E-state index contributed by atoms with van der Waals surface area (Å²) in [7, 11) is 0. The van der Waals surface area contributed by atoms with Crippen molar-refractivity contribution in [2.24, 2.45) is 0 Å². The van der Waals surface area contributed by atoms with Crippen molar-refractivity contribution >= 4 is 17.5 Å². The molecule has 3 rings (SSSR count). The van der Waals surface area contributed by atoms with Crippen molar-refractivity contribution in [2.75, 3.05) is 13.2 Å². The molecule has 1 fully saturated rings. The lowest BCUT2D eigenvalue weighted by atomic mass is 10.1. The smallest absolute Gasteiger partial charge is 0.254 e. The first-order valence-electron chi connectivity index (χ1n) is 9.13. The quantitative estimate of drug-likeness (QED) is 0.686. The van der Waals surface area contributed by atoms with Gasteiger partial charge in [-0.3, -0.25) is 14.2 Å². The summed E-state index contributed by atoms with van der Waals surface area (Å²) in [5.74, 6) is 0.0858. The number of nitrogens with one attached hydrogen (secondary N) is 1. The van der Waals surface area contributed by atoms with Crippen LogP contribution >= 0.6 is 11.6 Å². The Morgan fingerprint density at radius 1 is 1.39 bits per heavy atom. The molecule has 1 aromatic carbocycles. The lowest BCUT2D eigenvalue weighted by molar-refractivity contribution is -0.122. The standard InChI is InChI=1S/C20H21ClN4O3/c1-2-28-10-7-17-23-16(14-3-5-15(21)6-4-14)11-19(27)25(17)12-18(26)24-20(13-22)8-9-20/h3-6,11H,2,7-10,12H2,1H3,(H,24,26). The predicted molar refractivity (Wildman–Crippen MR) is 105 cm³/mol. The van der Waals surface area contributed by atoms with Gasteiger partial charge in [-0.2, -0.15) is 5.26 Å². The van der Waals surface area contributed by atoms with E-state index in [0.29, 0.717) is 49.0 Å². The molecule has 1 aliphatic rings. The van der Waals surface area contributed by atoms with E-state index in [4.69, 9.17) is 21.6 Å². The number of benzene rings is 1. The first-order valence-corrected chi connectivity index (χ1v) is 9.51. The average Bonchev–Trinajstić information content (AvgIpc) is 3.44. The molecule has 1 aliphatic carbocycles. The molecular formula is C20H21ClN4O3. The van der Waals surface area contributed by atoms with Crippen molar-refractivity contribution in [3.8, 4) is 17.3 Å². The number of carbonyl (C=O) groups is 1. The summed E-state index contributed by atoms with van der Waals surface area (Å²) in [5, 5.41) is 12.4. The number of nitrogens with zero attached hydrogens (tertiary/aromatic N) is 3. The number of aromatic nitrogens is 2. The Morgan fingerprint density at radius 2 is 2.11 bits per heavy atom. The second-order valence-corrected chi connectivity index (χ2v) is 7.11. The molecule has 0 spiro atoms. The number of halogens is 1. The molecule has 1 aromatic heterocycles. The van der Waals surface area contributed by atoms with Crippen LogP contribution < -0.4 is 10.9 Å². The van der Waals surface area contributed by atoms with Gasteiger partial charge >= 0.3 is 0 Å². The Hall–Kier alpha value is -2.69. The van der Waals surface area contributed by atoms with Crippen LogP contribution in [0.15, 0.2) is 35.1 Å². The summed E-state index contributed by atoms with van der Waals surface area (Å²) in [5.41, 5.74) is 0.171. The molecule has 1 heterocycles. The number of hydrogen-bond acceptors (Lipinski definition) is 5. The molecule has 146 valence electrons. The average molecular weight is 401 g/mol. The fourth-order valence-corrected chi connectivity index (χ4v) is 2.96. The van der Waals surface area contributed by atoms with E-state index < -0.39 is 5.54 Å². The van der Waals surface area contributed by atoms with E-state index in [9.17, 15) is 9.59 Å². The van der Waals surface area contributed by atoms with Crippen molar-refractivity contribution in [3.05, 3.63) is 51.5 Å². The molecule has 2 aromatic rings. The molecule has 0 saturated heterocycles. The molecule has 28 heavy (non-hydrogen) atoms. The van der Waals surface area contributed by atoms with Crippen LogP contribution in [0.4, 0.5) is 0 Å². The molecule has 0 aliphatic heterocycles. The van der Waals surface area contributed by atoms with E-state index in [-0.39, 0.29) is 18.0 Å². The number of carbonyl (C=O) groups excluding carboxylic acids is 1. The van der Waals surface area contributed by atoms with Gasteiger partial charge in [0.15, 0.2) is 0 Å². The highest BCUT2D eigenvalue weighted by Crippen LogP contribution is 2.34. The van der Waals surface area contributed by atoms with Gasteiger partial charge in [0.05, 0.1) is 18.4 Å². The second-order valence-electron chi connectivity index (χ2n) is 6.68. The van der Waals surface area contributed by atoms with Gasteiger partial charge in [0.2, 0.25) is 5.91 Å². The molecule has 8 heteroatoms. The van der Waals surface area contributed by atoms with Crippen LogP contribution in [-0.2, 0) is 22.5 Å². The van der Waals surface area contributed by atoms with Crippen molar-refractivity contribution in [3.63, 3.8) is 0 Å². The Labute approximate surface area is 167 Å². The summed E-state index contributed by atoms with van der Waals surface area (Å²) in [4.78, 5) is 29.7. The van der Waals surface area contributed by atoms with E-state index >= 15 is 0 Å². The number of hydrogen-bond donors (Lipinski definition) is 1. The van der Waals surface area contributed by atoms with E-state index in [1.165, 1.54) is 10.6 Å². The van der Waals surface area contributed by atoms with Gasteiger partial charge in [0.1, 0.15) is 17.9 Å². The molecule has 7 nitrogen and oxygen atoms in total. The Balaban J connectivity index is 1.89. The first kappa shape index (κ1) is 20.1. The topological polar surface area (TPSA) is 97.0 Å². The maximum absolute atomic E-state index is 12.7. The minimum atomic E-state index is -0.775. The minimum absolute atomic E-state index is 0.183. The van der Waals surface area contributed by atoms with Gasteiger partial charge < -0.3 is 10.1 Å². The maximum atomic E-state index is 12.7. The Morgan fingerprint density at radius 3 is 2.71 bits per heavy atom. The van der Waals surface area contributed by atoms with Crippen LogP contribution in [0.25, 0.3) is 11.3 Å². The fourth-order valence-electron chi connectivity index (χ4n) is 2.83. The van der Waals surface area contributed by atoms with Crippen molar-refractivity contribution in [2.45, 2.75) is 38.3 Å². The minimum Gasteiger partial charge on any atom is -0.381 e. The largest absolute Gasteiger partial charge is 0.381 e. The third-order valence-corrected chi connectivity index (χ3v) is 4.80. The zero-order chi connectivity index (χ0) is 20.1. The van der Waals surface area contributed by atoms with Crippen LogP contribution in [-0.4, -0.2) is 34.2 Å². The lowest BCUT2D eigenvalue weighted by Crippen LogP contribution is -2.40. The third kappa shape index (κ3) is 4.77. The summed E-state index contributed by atoms with van der Waals surface area (Å²) in [6.07, 6.45) is 1.66. The Kier molecular flexibility index (Phi) is 6.12. The van der Waals surface area contributed by atoms with Crippen molar-refractivity contribution < 1.29 is 9.53 Å². The van der Waals surface area contributed by atoms with Gasteiger partial charge in [-0.15, -0.1) is 0 Å². The molecule has 1 amide bonds. The summed E-state index contributed by atoms with van der Waals surface area (Å²) < 4.78 is 6.72. The van der Waals surface area contributed by atoms with Gasteiger partial charge in [0.25, 0.3) is 5.56 Å². The highest BCUT2D eigenvalue weighted by atomic mass is 35.5. The first-order chi connectivity index (χ1) is 13.5. The van der Waals surface area contributed by atoms with Crippen LogP contribution in [0.1, 0.15) is 25.6 Å². The highest BCUT2D eigenvalue weighted by molar-refractivity contribution is 6.30. The predicted octanol–water partition coefficient (Wildman–Crippen LogP) is 2.32. The molecule has 0 bridgehead atoms. The molecule has 0 radical (unpaired) electrons. The van der Waals surface area contributed by atoms with Gasteiger partial charge in [-0.25, -0.2) is 4.98 Å². The van der Waals surface area contributed by atoms with Crippen LogP contribution in [0.3, 0.4) is 0 Å². The number of amides is 1. The molecular weight excluding hydrogens is 380 g/mol. The third-order valence-electron chi connectivity index (χ3n) is 4.55. The summed E-state index contributed by atoms with van der Waals surface area (Å²) in [6.45, 7) is 2.63. The van der Waals surface area contributed by atoms with Crippen LogP contribution in [0.2, 0.25) is 5.02 Å². The van der Waals surface area contributed by atoms with Gasteiger partial charge in [-0.1, -0.05) is 23.7 Å². The molecule has 1 N–H and O–H groups in total. The van der Waals surface area contributed by atoms with Gasteiger partial charge in [-0.05, 0) is 31.9 Å². The fraction of sp³-hybridized carbons (Fsp3) is 0.400. The van der Waals surface area contributed by atoms with Crippen LogP contribution in [0, 0.1) is 11.3 Å². The Bertz CT molecular complexity index is 959. The SMILES string of the molecule is CCOCCc1nc(-c2ccc(Cl)cc2)cc(=O)n1CC(=O)NC1(C#N)CC1. The number of nitriles is 1. The normalized spacial score (nSPS) is 14.3. The zero-order valence-corrected chi connectivity index (χ0v) is 16.3. The van der Waals surface area contributed by atoms with Crippen LogP contribution in [0.5, 0.6) is 0 Å². The van der Waals surface area contributed by atoms with Crippen molar-refractivity contribution in [1.82, 2.24) is 14.9 Å². The monoisotopic (exact) mass is 400 g/mol. The zero-order valence-electron chi connectivity index (χ0n) is 15.6. The molecule has 1 saturated carbocycles. The van der Waals surface area contributed by atoms with E-state index in [2.05, 4.69) is 16.4 Å². The van der Waals surface area contributed by atoms with E-state index in [1.807, 2.05) is 6.92 Å². The summed E-state index contributed by atoms with van der Waals surface area (Å²) in [6, 6.07) is 10.5. The summed E-state index contributed by atoms with van der Waals surface area (Å²) >= 11 is 5.93. The van der Waals surface area contributed by atoms with E-state index in [0.717, 1.165) is 5.56 Å².